The van der Waals surface area contributed by atoms with Crippen LogP contribution >= 0.6 is 23.1 Å². The molecule has 0 radical (unpaired) electrons. The van der Waals surface area contributed by atoms with Crippen molar-refractivity contribution in [3.8, 4) is 0 Å². The molecule has 0 spiro atoms. The van der Waals surface area contributed by atoms with E-state index in [0.29, 0.717) is 6.04 Å². The Morgan fingerprint density at radius 1 is 1.32 bits per heavy atom. The molecule has 1 fully saturated rings. The second-order valence-corrected chi connectivity index (χ2v) is 6.81. The lowest BCUT2D eigenvalue weighted by Crippen LogP contribution is -2.35. The minimum atomic E-state index is 0.598. The second kappa shape index (κ2) is 6.41. The maximum Gasteiger partial charge on any atom is 0.154 e. The second-order valence-electron chi connectivity index (χ2n) is 4.60. The summed E-state index contributed by atoms with van der Waals surface area (Å²) < 4.78 is 1.10. The van der Waals surface area contributed by atoms with Crippen molar-refractivity contribution >= 4 is 28.8 Å². The van der Waals surface area contributed by atoms with Gasteiger partial charge in [0, 0.05) is 28.2 Å². The molecule has 1 saturated heterocycles. The third-order valence-corrected chi connectivity index (χ3v) is 5.03. The van der Waals surface area contributed by atoms with Gasteiger partial charge in [-0.15, -0.1) is 11.3 Å². The van der Waals surface area contributed by atoms with E-state index in [-0.39, 0.29) is 0 Å². The van der Waals surface area contributed by atoms with Crippen LogP contribution in [0, 0.1) is 0 Å². The third kappa shape index (κ3) is 3.72. The maximum absolute atomic E-state index is 4.31. The van der Waals surface area contributed by atoms with Gasteiger partial charge in [0.15, 0.2) is 4.34 Å². The number of hydrogen-bond acceptors (Lipinski definition) is 5. The molecule has 0 saturated carbocycles. The number of thiazole rings is 1. The van der Waals surface area contributed by atoms with Gasteiger partial charge in [-0.05, 0) is 44.1 Å². The van der Waals surface area contributed by atoms with Crippen molar-refractivity contribution in [1.29, 1.82) is 0 Å². The molecule has 0 unspecified atom stereocenters. The van der Waals surface area contributed by atoms with Crippen LogP contribution in [-0.2, 0) is 0 Å². The van der Waals surface area contributed by atoms with Crippen molar-refractivity contribution in [3.05, 3.63) is 35.8 Å². The van der Waals surface area contributed by atoms with Crippen molar-refractivity contribution in [2.45, 2.75) is 28.1 Å². The maximum atomic E-state index is 4.31. The summed E-state index contributed by atoms with van der Waals surface area (Å²) in [5.41, 5.74) is 1.22. The zero-order chi connectivity index (χ0) is 12.9. The van der Waals surface area contributed by atoms with Crippen LogP contribution < -0.4 is 10.6 Å². The van der Waals surface area contributed by atoms with E-state index in [4.69, 9.17) is 0 Å². The predicted molar refractivity (Wildman–Crippen MR) is 82.2 cm³/mol. The molecule has 19 heavy (non-hydrogen) atoms. The third-order valence-electron chi connectivity index (χ3n) is 3.16. The minimum absolute atomic E-state index is 0.598. The highest BCUT2D eigenvalue weighted by Crippen LogP contribution is 2.30. The number of piperidine rings is 1. The Bertz CT molecular complexity index is 507. The first-order valence-electron chi connectivity index (χ1n) is 6.55. The molecule has 3 rings (SSSR count). The van der Waals surface area contributed by atoms with Gasteiger partial charge in [0.25, 0.3) is 0 Å². The average molecular weight is 291 g/mol. The lowest BCUT2D eigenvalue weighted by molar-refractivity contribution is 0.479. The quantitative estimate of drug-likeness (QED) is 0.904. The molecule has 0 aliphatic carbocycles. The van der Waals surface area contributed by atoms with Crippen molar-refractivity contribution in [1.82, 2.24) is 10.3 Å². The predicted octanol–water partition coefficient (Wildman–Crippen LogP) is 3.46. The van der Waals surface area contributed by atoms with Crippen LogP contribution in [0.2, 0.25) is 0 Å². The first kappa shape index (κ1) is 13.0. The number of benzene rings is 1. The van der Waals surface area contributed by atoms with Gasteiger partial charge in [0.05, 0.1) is 0 Å². The zero-order valence-electron chi connectivity index (χ0n) is 10.6. The van der Waals surface area contributed by atoms with E-state index < -0.39 is 0 Å². The summed E-state index contributed by atoms with van der Waals surface area (Å²) in [6.07, 6.45) is 4.25. The van der Waals surface area contributed by atoms with Crippen LogP contribution in [-0.4, -0.2) is 24.1 Å². The van der Waals surface area contributed by atoms with Gasteiger partial charge in [-0.25, -0.2) is 4.98 Å². The topological polar surface area (TPSA) is 37.0 Å². The molecule has 0 amide bonds. The van der Waals surface area contributed by atoms with E-state index in [0.717, 1.165) is 17.4 Å². The summed E-state index contributed by atoms with van der Waals surface area (Å²) in [4.78, 5) is 5.55. The SMILES string of the molecule is c1cc(NC2CCNCC2)cc(Sc2nccs2)c1. The van der Waals surface area contributed by atoms with Gasteiger partial charge in [-0.3, -0.25) is 0 Å². The average Bonchev–Trinajstić information content (AvgIpc) is 2.93. The Labute approximate surface area is 121 Å². The Morgan fingerprint density at radius 2 is 2.21 bits per heavy atom. The van der Waals surface area contributed by atoms with Gasteiger partial charge in [0.2, 0.25) is 0 Å². The fourth-order valence-corrected chi connectivity index (χ4v) is 3.87. The van der Waals surface area contributed by atoms with Gasteiger partial charge in [0.1, 0.15) is 0 Å². The number of aromatic nitrogens is 1. The van der Waals surface area contributed by atoms with Crippen LogP contribution in [0.1, 0.15) is 12.8 Å². The smallest absolute Gasteiger partial charge is 0.154 e. The zero-order valence-corrected chi connectivity index (χ0v) is 12.3. The molecule has 100 valence electrons. The van der Waals surface area contributed by atoms with Crippen molar-refractivity contribution in [2.24, 2.45) is 0 Å². The minimum Gasteiger partial charge on any atom is -0.382 e. The molecule has 5 heteroatoms. The molecular weight excluding hydrogens is 274 g/mol. The first-order chi connectivity index (χ1) is 9.40. The number of hydrogen-bond donors (Lipinski definition) is 2. The van der Waals surface area contributed by atoms with E-state index in [1.54, 1.807) is 23.1 Å². The first-order valence-corrected chi connectivity index (χ1v) is 8.24. The number of anilines is 1. The summed E-state index contributed by atoms with van der Waals surface area (Å²) in [5.74, 6) is 0. The molecular formula is C14H17N3S2. The summed E-state index contributed by atoms with van der Waals surface area (Å²) >= 11 is 3.41. The number of nitrogens with one attached hydrogen (secondary N) is 2. The Kier molecular flexibility index (Phi) is 4.37. The number of nitrogens with zero attached hydrogens (tertiary/aromatic N) is 1. The number of rotatable bonds is 4. The fraction of sp³-hybridized carbons (Fsp3) is 0.357. The van der Waals surface area contributed by atoms with Crippen LogP contribution in [0.25, 0.3) is 0 Å². The summed E-state index contributed by atoms with van der Waals surface area (Å²) in [7, 11) is 0. The molecule has 1 aromatic carbocycles. The standard InChI is InChI=1S/C14H17N3S2/c1-2-12(17-11-4-6-15-7-5-11)10-13(3-1)19-14-16-8-9-18-14/h1-3,8-11,15,17H,4-7H2. The van der Waals surface area contributed by atoms with Gasteiger partial charge >= 0.3 is 0 Å². The molecule has 1 aliphatic rings. The summed E-state index contributed by atoms with van der Waals surface area (Å²) in [6.45, 7) is 2.23. The van der Waals surface area contributed by atoms with Gasteiger partial charge < -0.3 is 10.6 Å². The molecule has 1 aliphatic heterocycles. The van der Waals surface area contributed by atoms with E-state index in [1.165, 1.54) is 23.4 Å². The normalized spacial score (nSPS) is 16.4. The van der Waals surface area contributed by atoms with Crippen molar-refractivity contribution in [3.63, 3.8) is 0 Å². The van der Waals surface area contributed by atoms with Crippen LogP contribution in [0.15, 0.2) is 45.1 Å². The lowest BCUT2D eigenvalue weighted by Gasteiger charge is -2.24. The van der Waals surface area contributed by atoms with Gasteiger partial charge in [-0.2, -0.15) is 0 Å². The highest BCUT2D eigenvalue weighted by atomic mass is 32.2. The fourth-order valence-electron chi connectivity index (χ4n) is 2.21. The van der Waals surface area contributed by atoms with E-state index in [2.05, 4.69) is 39.9 Å². The van der Waals surface area contributed by atoms with Crippen LogP contribution in [0.4, 0.5) is 5.69 Å². The summed E-state index contributed by atoms with van der Waals surface area (Å²) in [5, 5.41) is 9.03. The molecule has 0 bridgehead atoms. The van der Waals surface area contributed by atoms with Crippen LogP contribution in [0.3, 0.4) is 0 Å². The molecule has 3 nitrogen and oxygen atoms in total. The molecule has 2 heterocycles. The van der Waals surface area contributed by atoms with Gasteiger partial charge in [-0.1, -0.05) is 17.8 Å². The Hall–Kier alpha value is -1.04. The molecule has 0 atom stereocenters. The highest BCUT2D eigenvalue weighted by molar-refractivity contribution is 8.01. The lowest BCUT2D eigenvalue weighted by atomic mass is 10.1. The Balaban J connectivity index is 1.65. The van der Waals surface area contributed by atoms with E-state index >= 15 is 0 Å². The Morgan fingerprint density at radius 3 is 3.00 bits per heavy atom. The van der Waals surface area contributed by atoms with E-state index in [9.17, 15) is 0 Å². The largest absolute Gasteiger partial charge is 0.382 e. The van der Waals surface area contributed by atoms with Crippen LogP contribution in [0.5, 0.6) is 0 Å². The molecule has 2 aromatic rings. The highest BCUT2D eigenvalue weighted by Gasteiger charge is 2.12. The molecule has 1 aromatic heterocycles. The van der Waals surface area contributed by atoms with Crippen molar-refractivity contribution in [2.75, 3.05) is 18.4 Å². The summed E-state index contributed by atoms with van der Waals surface area (Å²) in [6, 6.07) is 9.21. The van der Waals surface area contributed by atoms with Crippen molar-refractivity contribution < 1.29 is 0 Å². The molecule has 2 N–H and O–H groups in total. The monoisotopic (exact) mass is 291 g/mol. The van der Waals surface area contributed by atoms with E-state index in [1.807, 2.05) is 11.6 Å².